The zero-order valence-electron chi connectivity index (χ0n) is 11.9. The van der Waals surface area contributed by atoms with Crippen molar-refractivity contribution in [1.29, 1.82) is 0 Å². The van der Waals surface area contributed by atoms with Crippen LogP contribution >= 0.6 is 0 Å². The fourth-order valence-electron chi connectivity index (χ4n) is 2.96. The van der Waals surface area contributed by atoms with Gasteiger partial charge in [-0.1, -0.05) is 13.3 Å². The summed E-state index contributed by atoms with van der Waals surface area (Å²) in [5.74, 6) is 0.479. The highest BCUT2D eigenvalue weighted by Crippen LogP contribution is 2.41. The summed E-state index contributed by atoms with van der Waals surface area (Å²) in [6, 6.07) is 0. The molecule has 1 aromatic heterocycles. The number of halogens is 1. The normalized spacial score (nSPS) is 27.5. The van der Waals surface area contributed by atoms with Gasteiger partial charge in [0.05, 0.1) is 5.69 Å². The summed E-state index contributed by atoms with van der Waals surface area (Å²) in [7, 11) is 0. The van der Waals surface area contributed by atoms with Gasteiger partial charge in [0, 0.05) is 6.61 Å². The lowest BCUT2D eigenvalue weighted by molar-refractivity contribution is -0.0881. The predicted octanol–water partition coefficient (Wildman–Crippen LogP) is 2.95. The predicted molar refractivity (Wildman–Crippen MR) is 72.1 cm³/mol. The second-order valence-corrected chi connectivity index (χ2v) is 5.46. The minimum atomic E-state index is -0.528. The zero-order valence-corrected chi connectivity index (χ0v) is 11.9. The highest BCUT2D eigenvalue weighted by atomic mass is 19.1. The van der Waals surface area contributed by atoms with Crippen LogP contribution in [0.1, 0.15) is 51.0 Å². The summed E-state index contributed by atoms with van der Waals surface area (Å²) < 4.78 is 19.5. The molecule has 2 unspecified atom stereocenters. The Kier molecular flexibility index (Phi) is 4.04. The lowest BCUT2D eigenvalue weighted by Crippen LogP contribution is -2.37. The van der Waals surface area contributed by atoms with Crippen molar-refractivity contribution in [2.75, 3.05) is 12.3 Å². The number of aromatic nitrogens is 2. The van der Waals surface area contributed by atoms with Gasteiger partial charge in [0.2, 0.25) is 0 Å². The van der Waals surface area contributed by atoms with E-state index in [1.165, 1.54) is 6.42 Å². The molecular weight excluding hydrogens is 245 g/mol. The Bertz CT molecular complexity index is 439. The third kappa shape index (κ3) is 2.71. The topological polar surface area (TPSA) is 61.0 Å². The van der Waals surface area contributed by atoms with Crippen LogP contribution in [0.25, 0.3) is 0 Å². The fraction of sp³-hybridized carbons (Fsp3) is 0.714. The molecule has 0 radical (unpaired) electrons. The van der Waals surface area contributed by atoms with Crippen molar-refractivity contribution in [2.24, 2.45) is 5.92 Å². The molecule has 1 saturated carbocycles. The number of nitrogens with zero attached hydrogens (tertiary/aromatic N) is 2. The van der Waals surface area contributed by atoms with E-state index in [1.807, 2.05) is 6.92 Å². The molecule has 0 aromatic carbocycles. The van der Waals surface area contributed by atoms with Crippen LogP contribution in [0, 0.1) is 18.7 Å². The van der Waals surface area contributed by atoms with Gasteiger partial charge in [-0.05, 0) is 39.0 Å². The maximum absolute atomic E-state index is 13.6. The lowest BCUT2D eigenvalue weighted by atomic mass is 9.78. The Balaban J connectivity index is 2.44. The summed E-state index contributed by atoms with van der Waals surface area (Å²) in [5.41, 5.74) is 5.43. The van der Waals surface area contributed by atoms with Crippen molar-refractivity contribution in [3.05, 3.63) is 17.3 Å². The van der Waals surface area contributed by atoms with E-state index < -0.39 is 11.4 Å². The zero-order chi connectivity index (χ0) is 14.0. The van der Waals surface area contributed by atoms with Crippen molar-refractivity contribution in [3.8, 4) is 0 Å². The van der Waals surface area contributed by atoms with E-state index in [0.29, 0.717) is 24.0 Å². The maximum Gasteiger partial charge on any atom is 0.186 e. The number of aryl methyl sites for hydroxylation is 1. The number of hydrogen-bond acceptors (Lipinski definition) is 4. The van der Waals surface area contributed by atoms with Gasteiger partial charge in [-0.25, -0.2) is 14.4 Å². The lowest BCUT2D eigenvalue weighted by Gasteiger charge is -2.38. The van der Waals surface area contributed by atoms with Crippen LogP contribution in [0.2, 0.25) is 0 Å². The summed E-state index contributed by atoms with van der Waals surface area (Å²) in [6.07, 6.45) is 3.99. The highest BCUT2D eigenvalue weighted by Gasteiger charge is 2.40. The second kappa shape index (κ2) is 5.41. The van der Waals surface area contributed by atoms with Gasteiger partial charge >= 0.3 is 0 Å². The molecule has 2 N–H and O–H groups in total. The average molecular weight is 267 g/mol. The van der Waals surface area contributed by atoms with Gasteiger partial charge in [0.25, 0.3) is 0 Å². The van der Waals surface area contributed by atoms with E-state index >= 15 is 0 Å². The second-order valence-electron chi connectivity index (χ2n) is 5.46. The molecule has 1 fully saturated rings. The van der Waals surface area contributed by atoms with Gasteiger partial charge in [-0.15, -0.1) is 0 Å². The Morgan fingerprint density at radius 3 is 2.79 bits per heavy atom. The van der Waals surface area contributed by atoms with E-state index in [2.05, 4.69) is 16.9 Å². The largest absolute Gasteiger partial charge is 0.381 e. The standard InChI is InChI=1S/C14H22FN3O/c1-4-19-14(7-5-6-9(2)8-14)13-17-10(3)11(15)12(16)18-13/h9H,4-8H2,1-3H3,(H2,16,17,18). The van der Waals surface area contributed by atoms with Crippen LogP contribution in [-0.4, -0.2) is 16.6 Å². The number of rotatable bonds is 3. The molecule has 1 heterocycles. The van der Waals surface area contributed by atoms with E-state index in [1.54, 1.807) is 6.92 Å². The molecule has 0 saturated heterocycles. The van der Waals surface area contributed by atoms with E-state index in [-0.39, 0.29) is 5.82 Å². The number of nitrogen functional groups attached to an aromatic ring is 1. The molecule has 0 amide bonds. The average Bonchev–Trinajstić information content (AvgIpc) is 2.35. The SMILES string of the molecule is CCOC1(c2nc(C)c(F)c(N)n2)CCCC(C)C1. The van der Waals surface area contributed by atoms with E-state index in [0.717, 1.165) is 19.3 Å². The third-order valence-electron chi connectivity index (χ3n) is 3.83. The van der Waals surface area contributed by atoms with Crippen LogP contribution in [0.4, 0.5) is 10.2 Å². The third-order valence-corrected chi connectivity index (χ3v) is 3.83. The maximum atomic E-state index is 13.6. The highest BCUT2D eigenvalue weighted by molar-refractivity contribution is 5.33. The Hall–Kier alpha value is -1.23. The fourth-order valence-corrected chi connectivity index (χ4v) is 2.96. The van der Waals surface area contributed by atoms with Gasteiger partial charge < -0.3 is 10.5 Å². The molecule has 1 aliphatic carbocycles. The van der Waals surface area contributed by atoms with Gasteiger partial charge in [0.1, 0.15) is 5.60 Å². The smallest absolute Gasteiger partial charge is 0.186 e. The minimum absolute atomic E-state index is 0.0835. The first kappa shape index (κ1) is 14.2. The number of ether oxygens (including phenoxy) is 1. The summed E-state index contributed by atoms with van der Waals surface area (Å²) in [6.45, 7) is 6.36. The molecule has 106 valence electrons. The van der Waals surface area contributed by atoms with Gasteiger partial charge in [-0.2, -0.15) is 0 Å². The number of nitrogens with two attached hydrogens (primary N) is 1. The van der Waals surface area contributed by atoms with Gasteiger partial charge in [0.15, 0.2) is 17.5 Å². The molecule has 19 heavy (non-hydrogen) atoms. The Morgan fingerprint density at radius 2 is 2.21 bits per heavy atom. The van der Waals surface area contributed by atoms with Crippen LogP contribution in [0.3, 0.4) is 0 Å². The first-order chi connectivity index (χ1) is 8.98. The first-order valence-corrected chi connectivity index (χ1v) is 6.92. The molecule has 1 aliphatic rings. The van der Waals surface area contributed by atoms with Crippen molar-refractivity contribution in [1.82, 2.24) is 9.97 Å². The quantitative estimate of drug-likeness (QED) is 0.914. The molecule has 0 aliphatic heterocycles. The van der Waals surface area contributed by atoms with Gasteiger partial charge in [-0.3, -0.25) is 0 Å². The van der Waals surface area contributed by atoms with Crippen LogP contribution in [0.15, 0.2) is 0 Å². The molecule has 2 rings (SSSR count). The molecule has 2 atom stereocenters. The monoisotopic (exact) mass is 267 g/mol. The Morgan fingerprint density at radius 1 is 1.47 bits per heavy atom. The Labute approximate surface area is 113 Å². The molecule has 5 heteroatoms. The van der Waals surface area contributed by atoms with Crippen LogP contribution < -0.4 is 5.73 Å². The van der Waals surface area contributed by atoms with Crippen molar-refractivity contribution in [3.63, 3.8) is 0 Å². The van der Waals surface area contributed by atoms with E-state index in [9.17, 15) is 4.39 Å². The van der Waals surface area contributed by atoms with Crippen LogP contribution in [0.5, 0.6) is 0 Å². The van der Waals surface area contributed by atoms with E-state index in [4.69, 9.17) is 10.5 Å². The first-order valence-electron chi connectivity index (χ1n) is 6.92. The molecule has 0 bridgehead atoms. The van der Waals surface area contributed by atoms with Crippen molar-refractivity contribution >= 4 is 5.82 Å². The van der Waals surface area contributed by atoms with Crippen molar-refractivity contribution in [2.45, 2.75) is 52.1 Å². The van der Waals surface area contributed by atoms with Crippen LogP contribution in [-0.2, 0) is 10.3 Å². The molecular formula is C14H22FN3O. The molecule has 0 spiro atoms. The summed E-state index contributed by atoms with van der Waals surface area (Å²) in [5, 5.41) is 0. The minimum Gasteiger partial charge on any atom is -0.381 e. The summed E-state index contributed by atoms with van der Waals surface area (Å²) in [4.78, 5) is 8.44. The van der Waals surface area contributed by atoms with Crippen molar-refractivity contribution < 1.29 is 9.13 Å². The number of hydrogen-bond donors (Lipinski definition) is 1. The molecule has 4 nitrogen and oxygen atoms in total. The number of anilines is 1. The molecule has 1 aromatic rings. The summed E-state index contributed by atoms with van der Waals surface area (Å²) >= 11 is 0.